The summed E-state index contributed by atoms with van der Waals surface area (Å²) in [5, 5.41) is 0. The van der Waals surface area contributed by atoms with Crippen LogP contribution < -0.4 is 9.80 Å². The van der Waals surface area contributed by atoms with Crippen molar-refractivity contribution >= 4 is 11.4 Å². The molecule has 0 unspecified atom stereocenters. The van der Waals surface area contributed by atoms with Crippen LogP contribution in [0.25, 0.3) is 0 Å². The lowest BCUT2D eigenvalue weighted by Crippen LogP contribution is -2.13. The Kier molecular flexibility index (Phi) is 6.63. The molecule has 2 nitrogen and oxygen atoms in total. The van der Waals surface area contributed by atoms with Crippen LogP contribution in [0, 0.1) is 0 Å². The van der Waals surface area contributed by atoms with Gasteiger partial charge in [0.2, 0.25) is 0 Å². The van der Waals surface area contributed by atoms with E-state index in [2.05, 4.69) is 63.1 Å². The maximum Gasteiger partial charge on any atom is 0.0384 e. The van der Waals surface area contributed by atoms with E-state index in [0.717, 1.165) is 6.42 Å². The molecule has 0 radical (unpaired) electrons. The number of hydrogen-bond donors (Lipinski definition) is 0. The topological polar surface area (TPSA) is 6.48 Å². The largest absolute Gasteiger partial charge is 0.378 e. The van der Waals surface area contributed by atoms with Gasteiger partial charge in [-0.05, 0) is 30.2 Å². The Hall–Kier alpha value is -1.18. The highest BCUT2D eigenvalue weighted by molar-refractivity contribution is 5.60. The van der Waals surface area contributed by atoms with E-state index < -0.39 is 0 Å². The third-order valence-electron chi connectivity index (χ3n) is 2.40. The molecule has 0 aromatic heterocycles. The quantitative estimate of drug-likeness (QED) is 0.773. The van der Waals surface area contributed by atoms with E-state index in [1.54, 1.807) is 0 Å². The van der Waals surface area contributed by atoms with E-state index in [1.165, 1.54) is 16.9 Å². The number of benzene rings is 1. The second kappa shape index (κ2) is 7.15. The molecule has 1 aromatic carbocycles. The third-order valence-corrected chi connectivity index (χ3v) is 2.40. The summed E-state index contributed by atoms with van der Waals surface area (Å²) >= 11 is 0. The van der Waals surface area contributed by atoms with Gasteiger partial charge in [-0.15, -0.1) is 0 Å². The molecule has 92 valence electrons. The Morgan fingerprint density at radius 1 is 0.812 bits per heavy atom. The summed E-state index contributed by atoms with van der Waals surface area (Å²) in [6.07, 6.45) is 1.09. The molecule has 0 spiro atoms. The molecule has 0 N–H and O–H groups in total. The molecule has 0 saturated carbocycles. The summed E-state index contributed by atoms with van der Waals surface area (Å²) < 4.78 is 0. The van der Waals surface area contributed by atoms with Gasteiger partial charge in [-0.3, -0.25) is 0 Å². The van der Waals surface area contributed by atoms with Crippen LogP contribution in [0.2, 0.25) is 0 Å². The van der Waals surface area contributed by atoms with Crippen LogP contribution in [-0.4, -0.2) is 28.2 Å². The zero-order chi connectivity index (χ0) is 12.7. The first-order valence-electron chi connectivity index (χ1n) is 6.03. The zero-order valence-corrected chi connectivity index (χ0v) is 11.8. The molecule has 16 heavy (non-hydrogen) atoms. The predicted octanol–water partition coefficient (Wildman–Crippen LogP) is 3.41. The van der Waals surface area contributed by atoms with Crippen molar-refractivity contribution in [2.75, 3.05) is 38.0 Å². The van der Waals surface area contributed by atoms with Crippen LogP contribution in [0.15, 0.2) is 18.2 Å². The Morgan fingerprint density at radius 3 is 1.44 bits per heavy atom. The monoisotopic (exact) mass is 222 g/mol. The van der Waals surface area contributed by atoms with Crippen LogP contribution in [0.5, 0.6) is 0 Å². The van der Waals surface area contributed by atoms with Crippen molar-refractivity contribution in [3.8, 4) is 0 Å². The summed E-state index contributed by atoms with van der Waals surface area (Å²) in [7, 11) is 8.31. The van der Waals surface area contributed by atoms with Crippen LogP contribution in [-0.2, 0) is 6.42 Å². The van der Waals surface area contributed by atoms with Crippen molar-refractivity contribution in [1.82, 2.24) is 0 Å². The summed E-state index contributed by atoms with van der Waals surface area (Å²) in [4.78, 5) is 4.29. The van der Waals surface area contributed by atoms with Crippen molar-refractivity contribution in [2.24, 2.45) is 0 Å². The standard InChI is InChI=1S/C12H20N2.C2H6/c1-6-10-7-11(13(2)3)9-12(8-10)14(4)5;1-2/h7-9H,6H2,1-5H3;1-2H3. The summed E-state index contributed by atoms with van der Waals surface area (Å²) in [6.45, 7) is 6.19. The normalized spacial score (nSPS) is 9.19. The van der Waals surface area contributed by atoms with Crippen molar-refractivity contribution in [3.63, 3.8) is 0 Å². The molecule has 0 fully saturated rings. The van der Waals surface area contributed by atoms with Gasteiger partial charge in [-0.1, -0.05) is 20.8 Å². The lowest BCUT2D eigenvalue weighted by Gasteiger charge is -2.19. The summed E-state index contributed by atoms with van der Waals surface area (Å²) in [5.41, 5.74) is 3.93. The van der Waals surface area contributed by atoms with Gasteiger partial charge in [0.05, 0.1) is 0 Å². The molecule has 0 amide bonds. The van der Waals surface area contributed by atoms with Gasteiger partial charge >= 0.3 is 0 Å². The second-order valence-electron chi connectivity index (χ2n) is 4.00. The van der Waals surface area contributed by atoms with Gasteiger partial charge in [0.15, 0.2) is 0 Å². The Balaban J connectivity index is 0.00000106. The molecule has 0 aliphatic rings. The van der Waals surface area contributed by atoms with E-state index in [9.17, 15) is 0 Å². The maximum absolute atomic E-state index is 2.24. The molecule has 0 atom stereocenters. The number of nitrogens with zero attached hydrogens (tertiary/aromatic N) is 2. The second-order valence-corrected chi connectivity index (χ2v) is 4.00. The molecule has 0 aliphatic heterocycles. The fraction of sp³-hybridized carbons (Fsp3) is 0.571. The first-order chi connectivity index (χ1) is 7.54. The summed E-state index contributed by atoms with van der Waals surface area (Å²) in [6, 6.07) is 6.69. The lowest BCUT2D eigenvalue weighted by atomic mass is 10.1. The van der Waals surface area contributed by atoms with Crippen LogP contribution in [0.1, 0.15) is 26.3 Å². The third kappa shape index (κ3) is 4.13. The Morgan fingerprint density at radius 2 is 1.19 bits per heavy atom. The molecule has 1 rings (SSSR count). The van der Waals surface area contributed by atoms with E-state index in [-0.39, 0.29) is 0 Å². The Labute approximate surface area is 101 Å². The fourth-order valence-electron chi connectivity index (χ4n) is 1.38. The number of aryl methyl sites for hydroxylation is 1. The van der Waals surface area contributed by atoms with E-state index >= 15 is 0 Å². The van der Waals surface area contributed by atoms with E-state index in [4.69, 9.17) is 0 Å². The van der Waals surface area contributed by atoms with Crippen molar-refractivity contribution < 1.29 is 0 Å². The summed E-state index contributed by atoms with van der Waals surface area (Å²) in [5.74, 6) is 0. The Bertz CT molecular complexity index is 277. The van der Waals surface area contributed by atoms with Gasteiger partial charge in [0, 0.05) is 39.6 Å². The zero-order valence-electron chi connectivity index (χ0n) is 11.8. The van der Waals surface area contributed by atoms with Gasteiger partial charge < -0.3 is 9.80 Å². The molecule has 2 heteroatoms. The molecule has 0 aliphatic carbocycles. The van der Waals surface area contributed by atoms with Gasteiger partial charge in [0.25, 0.3) is 0 Å². The van der Waals surface area contributed by atoms with Crippen molar-refractivity contribution in [2.45, 2.75) is 27.2 Å². The highest BCUT2D eigenvalue weighted by Crippen LogP contribution is 2.23. The average Bonchev–Trinajstić information content (AvgIpc) is 2.30. The number of rotatable bonds is 3. The van der Waals surface area contributed by atoms with Crippen molar-refractivity contribution in [1.29, 1.82) is 0 Å². The first kappa shape index (κ1) is 14.8. The number of anilines is 2. The fourth-order valence-corrected chi connectivity index (χ4v) is 1.38. The number of hydrogen-bond acceptors (Lipinski definition) is 2. The van der Waals surface area contributed by atoms with Gasteiger partial charge in [-0.25, -0.2) is 0 Å². The van der Waals surface area contributed by atoms with E-state index in [1.807, 2.05) is 13.8 Å². The van der Waals surface area contributed by atoms with Crippen molar-refractivity contribution in [3.05, 3.63) is 23.8 Å². The molecular formula is C14H26N2. The molecular weight excluding hydrogens is 196 g/mol. The predicted molar refractivity (Wildman–Crippen MR) is 75.8 cm³/mol. The smallest absolute Gasteiger partial charge is 0.0384 e. The van der Waals surface area contributed by atoms with Gasteiger partial charge in [-0.2, -0.15) is 0 Å². The molecule has 1 aromatic rings. The first-order valence-corrected chi connectivity index (χ1v) is 6.03. The molecule has 0 bridgehead atoms. The highest BCUT2D eigenvalue weighted by Gasteiger charge is 2.02. The highest BCUT2D eigenvalue weighted by atomic mass is 15.1. The van der Waals surface area contributed by atoms with Crippen LogP contribution >= 0.6 is 0 Å². The minimum absolute atomic E-state index is 1.09. The SMILES string of the molecule is CC.CCc1cc(N(C)C)cc(N(C)C)c1. The minimum atomic E-state index is 1.09. The molecule has 0 saturated heterocycles. The molecule has 0 heterocycles. The maximum atomic E-state index is 2.24. The van der Waals surface area contributed by atoms with E-state index in [0.29, 0.717) is 0 Å². The minimum Gasteiger partial charge on any atom is -0.378 e. The average molecular weight is 222 g/mol. The van der Waals surface area contributed by atoms with Crippen LogP contribution in [0.4, 0.5) is 11.4 Å². The van der Waals surface area contributed by atoms with Crippen LogP contribution in [0.3, 0.4) is 0 Å². The van der Waals surface area contributed by atoms with Gasteiger partial charge in [0.1, 0.15) is 0 Å². The lowest BCUT2D eigenvalue weighted by molar-refractivity contribution is 1.07.